The fraction of sp³-hybridized carbons (Fsp3) is 0.0105. The summed E-state index contributed by atoms with van der Waals surface area (Å²) in [4.78, 5) is 4.88. The fourth-order valence-electron chi connectivity index (χ4n) is 16.3. The van der Waals surface area contributed by atoms with Crippen molar-refractivity contribution in [2.24, 2.45) is 0 Å². The quantitative estimate of drug-likeness (QED) is 0.137. The lowest BCUT2D eigenvalue weighted by Crippen LogP contribution is -2.11. The second-order valence-electron chi connectivity index (χ2n) is 26.6. The number of para-hydroxylation sites is 3. The Bertz CT molecular complexity index is 6980. The third-order valence-corrected chi connectivity index (χ3v) is 23.1. The highest BCUT2D eigenvalue weighted by molar-refractivity contribution is 7.26. The second-order valence-corrected chi connectivity index (χ2v) is 28.8. The predicted octanol–water partition coefficient (Wildman–Crippen LogP) is 28.8. The molecule has 472 valence electrons. The van der Waals surface area contributed by atoms with Crippen molar-refractivity contribution >= 4 is 184 Å². The van der Waals surface area contributed by atoms with Gasteiger partial charge in [-0.1, -0.05) is 254 Å². The Morgan fingerprint density at radius 3 is 1.30 bits per heavy atom. The van der Waals surface area contributed by atoms with Gasteiger partial charge in [0.05, 0.1) is 17.1 Å². The van der Waals surface area contributed by atoms with E-state index in [0.717, 1.165) is 122 Å². The van der Waals surface area contributed by atoms with E-state index in [1.807, 2.05) is 22.7 Å². The minimum Gasteiger partial charge on any atom is -0.455 e. The lowest BCUT2D eigenvalue weighted by molar-refractivity contribution is 0.669. The summed E-state index contributed by atoms with van der Waals surface area (Å²) in [5.74, 6) is 0. The largest absolute Gasteiger partial charge is 0.455 e. The first-order valence-electron chi connectivity index (χ1n) is 34.4. The van der Waals surface area contributed by atoms with Gasteiger partial charge in [0.25, 0.3) is 0 Å². The SMILES string of the molecule is Cc1ccc(N(c2ccc3c(c2)oc2c(-c4cccc(-c5cccc6c5ccc5sc7cc(N(c8ccc9c(c8)oc8c(-c%10ccccc%10)cccc89)c8ccccc8-c8ccccc8)c8ccccc8c7c56)c4)cccc23)c2cc3sc4ccc5ccccc5c4c3c3ccccc23)cc1. The first kappa shape index (κ1) is 57.5. The zero-order valence-corrected chi connectivity index (χ0v) is 56.4. The van der Waals surface area contributed by atoms with Gasteiger partial charge >= 0.3 is 0 Å². The van der Waals surface area contributed by atoms with Gasteiger partial charge in [0.2, 0.25) is 0 Å². The number of hydrogen-bond acceptors (Lipinski definition) is 6. The Morgan fingerprint density at radius 2 is 0.653 bits per heavy atom. The highest BCUT2D eigenvalue weighted by atomic mass is 32.1. The molecule has 4 nitrogen and oxygen atoms in total. The molecule has 0 aliphatic carbocycles. The van der Waals surface area contributed by atoms with Crippen molar-refractivity contribution in [2.45, 2.75) is 6.92 Å². The third kappa shape index (κ3) is 9.05. The molecular formula is C95H58N2O2S2. The van der Waals surface area contributed by atoms with Crippen molar-refractivity contribution in [1.29, 1.82) is 0 Å². The maximum Gasteiger partial charge on any atom is 0.143 e. The molecule has 4 aromatic heterocycles. The number of fused-ring (bicyclic) bond motifs is 20. The number of nitrogens with zero attached hydrogens (tertiary/aromatic N) is 2. The zero-order valence-electron chi connectivity index (χ0n) is 54.8. The van der Waals surface area contributed by atoms with Crippen LogP contribution in [0.1, 0.15) is 5.56 Å². The van der Waals surface area contributed by atoms with E-state index in [-0.39, 0.29) is 0 Å². The van der Waals surface area contributed by atoms with E-state index >= 15 is 0 Å². The van der Waals surface area contributed by atoms with Crippen molar-refractivity contribution < 1.29 is 8.83 Å². The molecule has 0 amide bonds. The summed E-state index contributed by atoms with van der Waals surface area (Å²) in [6.45, 7) is 2.15. The third-order valence-electron chi connectivity index (χ3n) is 20.9. The Morgan fingerprint density at radius 1 is 0.238 bits per heavy atom. The van der Waals surface area contributed by atoms with Crippen molar-refractivity contribution in [2.75, 3.05) is 9.80 Å². The number of furan rings is 2. The second kappa shape index (κ2) is 22.7. The predicted molar refractivity (Wildman–Crippen MR) is 433 cm³/mol. The van der Waals surface area contributed by atoms with Crippen LogP contribution in [0.5, 0.6) is 0 Å². The molecule has 0 radical (unpaired) electrons. The van der Waals surface area contributed by atoms with Gasteiger partial charge in [-0.2, -0.15) is 0 Å². The molecule has 0 fully saturated rings. The van der Waals surface area contributed by atoms with Gasteiger partial charge in [0, 0.05) is 119 Å². The zero-order chi connectivity index (χ0) is 66.4. The number of aryl methyl sites for hydroxylation is 1. The van der Waals surface area contributed by atoms with Gasteiger partial charge in [-0.3, -0.25) is 0 Å². The van der Waals surface area contributed by atoms with E-state index in [0.29, 0.717) is 0 Å². The van der Waals surface area contributed by atoms with Crippen LogP contribution in [0.15, 0.2) is 342 Å². The standard InChI is InChI=1S/C95H58N2O2S2/c1-57-40-43-63(44-41-57)96(82-55-88-92(77-31-12-10-29-72(77)82)90-68-28-9-8-24-60(68)42-50-86(90)100-88)64-45-47-74-80-38-19-35-70(95(80)99-84(74)53-64)62-26-16-25-61(52-62)66-33-17-36-76-71(66)49-51-87-91(76)93-78-32-13-11-30-73(78)83(56-89(93)101-87)97(81-39-15-14-27-67(81)58-20-4-2-5-21-58)65-46-48-75-79-37-18-34-69(59-22-6-3-7-23-59)94(79)98-85(75)54-65/h2-56H,1H3. The molecule has 0 aliphatic heterocycles. The molecule has 0 bridgehead atoms. The minimum absolute atomic E-state index is 0.837. The van der Waals surface area contributed by atoms with Crippen LogP contribution in [0.4, 0.5) is 34.1 Å². The molecule has 0 atom stereocenters. The lowest BCUT2D eigenvalue weighted by Gasteiger charge is -2.29. The first-order valence-corrected chi connectivity index (χ1v) is 36.1. The number of hydrogen-bond donors (Lipinski definition) is 0. The molecule has 21 aromatic rings. The Labute approximate surface area is 589 Å². The molecule has 21 rings (SSSR count). The molecule has 101 heavy (non-hydrogen) atoms. The monoisotopic (exact) mass is 1320 g/mol. The van der Waals surface area contributed by atoms with Gasteiger partial charge in [0.1, 0.15) is 22.3 Å². The molecule has 17 aromatic carbocycles. The summed E-state index contributed by atoms with van der Waals surface area (Å²) >= 11 is 3.74. The molecular weight excluding hydrogens is 1270 g/mol. The summed E-state index contributed by atoms with van der Waals surface area (Å²) in [7, 11) is 0. The lowest BCUT2D eigenvalue weighted by atomic mass is 9.92. The van der Waals surface area contributed by atoms with E-state index in [9.17, 15) is 0 Å². The summed E-state index contributed by atoms with van der Waals surface area (Å²) < 4.78 is 19.2. The van der Waals surface area contributed by atoms with Gasteiger partial charge in [-0.25, -0.2) is 0 Å². The molecule has 0 spiro atoms. The number of thiophene rings is 2. The Hall–Kier alpha value is -12.6. The van der Waals surface area contributed by atoms with Crippen molar-refractivity contribution in [3.63, 3.8) is 0 Å². The van der Waals surface area contributed by atoms with Gasteiger partial charge in [-0.15, -0.1) is 22.7 Å². The molecule has 6 heteroatoms. The maximum absolute atomic E-state index is 7.20. The van der Waals surface area contributed by atoms with E-state index in [4.69, 9.17) is 8.83 Å². The van der Waals surface area contributed by atoms with Crippen LogP contribution >= 0.6 is 22.7 Å². The molecule has 0 aliphatic rings. The molecule has 0 saturated heterocycles. The number of anilines is 6. The smallest absolute Gasteiger partial charge is 0.143 e. The maximum atomic E-state index is 7.20. The number of rotatable bonds is 10. The van der Waals surface area contributed by atoms with Crippen LogP contribution in [0.2, 0.25) is 0 Å². The molecule has 0 saturated carbocycles. The normalized spacial score (nSPS) is 12.0. The van der Waals surface area contributed by atoms with E-state index in [1.54, 1.807) is 0 Å². The molecule has 4 heterocycles. The van der Waals surface area contributed by atoms with Crippen LogP contribution in [0.25, 0.3) is 172 Å². The fourth-order valence-corrected chi connectivity index (χ4v) is 18.7. The van der Waals surface area contributed by atoms with E-state index < -0.39 is 0 Å². The van der Waals surface area contributed by atoms with Crippen LogP contribution < -0.4 is 9.80 Å². The van der Waals surface area contributed by atoms with Crippen LogP contribution in [0.3, 0.4) is 0 Å². The van der Waals surface area contributed by atoms with Crippen molar-refractivity contribution in [1.82, 2.24) is 0 Å². The molecule has 0 N–H and O–H groups in total. The van der Waals surface area contributed by atoms with Crippen LogP contribution in [-0.2, 0) is 0 Å². The van der Waals surface area contributed by atoms with Crippen LogP contribution in [0, 0.1) is 6.92 Å². The summed E-state index contributed by atoms with van der Waals surface area (Å²) in [6, 6.07) is 122. The van der Waals surface area contributed by atoms with Crippen LogP contribution in [-0.4, -0.2) is 0 Å². The Balaban J connectivity index is 0.686. The number of benzene rings is 17. The summed E-state index contributed by atoms with van der Waals surface area (Å²) in [6.07, 6.45) is 0. The van der Waals surface area contributed by atoms with Crippen molar-refractivity contribution in [3.05, 3.63) is 339 Å². The average Bonchev–Trinajstić information content (AvgIpc) is 1.58. The highest BCUT2D eigenvalue weighted by Crippen LogP contribution is 2.53. The highest BCUT2D eigenvalue weighted by Gasteiger charge is 2.27. The van der Waals surface area contributed by atoms with Gasteiger partial charge in [0.15, 0.2) is 0 Å². The summed E-state index contributed by atoms with van der Waals surface area (Å²) in [5.41, 5.74) is 20.0. The van der Waals surface area contributed by atoms with E-state index in [1.165, 1.54) is 89.2 Å². The Kier molecular flexibility index (Phi) is 12.9. The summed E-state index contributed by atoms with van der Waals surface area (Å²) in [5, 5.41) is 19.3. The minimum atomic E-state index is 0.837. The average molecular weight is 1320 g/mol. The van der Waals surface area contributed by atoms with E-state index in [2.05, 4.69) is 350 Å². The first-order chi connectivity index (χ1) is 50.0. The van der Waals surface area contributed by atoms with Gasteiger partial charge in [-0.05, 0) is 140 Å². The van der Waals surface area contributed by atoms with Crippen molar-refractivity contribution in [3.8, 4) is 44.5 Å². The van der Waals surface area contributed by atoms with Gasteiger partial charge < -0.3 is 18.6 Å². The topological polar surface area (TPSA) is 32.8 Å². The molecule has 0 unspecified atom stereocenters.